The van der Waals surface area contributed by atoms with Gasteiger partial charge in [0.1, 0.15) is 5.75 Å². The first kappa shape index (κ1) is 16.1. The molecule has 0 saturated heterocycles. The zero-order chi connectivity index (χ0) is 16.8. The second-order valence-corrected chi connectivity index (χ2v) is 6.72. The zero-order valence-corrected chi connectivity index (χ0v) is 13.8. The summed E-state index contributed by atoms with van der Waals surface area (Å²) < 4.78 is 13.9. The molecule has 0 aliphatic rings. The maximum atomic E-state index is 12.2. The smallest absolute Gasteiger partial charge is 0.237 e. The molecule has 0 spiro atoms. The molecule has 0 saturated carbocycles. The van der Waals surface area contributed by atoms with Crippen molar-refractivity contribution >= 4 is 22.4 Å². The number of carbonyl (C=O) groups excluding carboxylic acids is 1. The molecule has 3 rings (SSSR count). The van der Waals surface area contributed by atoms with Gasteiger partial charge < -0.3 is 5.32 Å². The molecule has 3 aromatic rings. The van der Waals surface area contributed by atoms with Crippen molar-refractivity contribution in [3.05, 3.63) is 78.6 Å². The number of carbonyl (C=O) groups is 1. The average Bonchev–Trinajstić information content (AvgIpc) is 3.10. The summed E-state index contributed by atoms with van der Waals surface area (Å²) in [6.07, 6.45) is 3.58. The first-order valence-electron chi connectivity index (χ1n) is 7.49. The Morgan fingerprint density at radius 3 is 2.46 bits per heavy atom. The highest BCUT2D eigenvalue weighted by molar-refractivity contribution is 7.84. The predicted octanol–water partition coefficient (Wildman–Crippen LogP) is 2.76. The molecule has 1 amide bonds. The van der Waals surface area contributed by atoms with Gasteiger partial charge in [0, 0.05) is 34.6 Å². The topological polar surface area (TPSA) is 64.0 Å². The molecule has 2 aromatic carbocycles. The molecule has 1 atom stereocenters. The van der Waals surface area contributed by atoms with E-state index in [-0.39, 0.29) is 11.7 Å². The van der Waals surface area contributed by atoms with Gasteiger partial charge in [0.15, 0.2) is 0 Å². The summed E-state index contributed by atoms with van der Waals surface area (Å²) in [5.74, 6) is 0.0879. The van der Waals surface area contributed by atoms with E-state index in [9.17, 15) is 9.00 Å². The van der Waals surface area contributed by atoms with Crippen LogP contribution in [0, 0.1) is 0 Å². The lowest BCUT2D eigenvalue weighted by Gasteiger charge is -2.06. The number of benzene rings is 2. The van der Waals surface area contributed by atoms with E-state index in [0.29, 0.717) is 11.4 Å². The summed E-state index contributed by atoms with van der Waals surface area (Å²) in [7, 11) is -1.25. The van der Waals surface area contributed by atoms with Crippen molar-refractivity contribution in [2.75, 3.05) is 11.1 Å². The molecule has 1 N–H and O–H groups in total. The van der Waals surface area contributed by atoms with Crippen molar-refractivity contribution in [2.45, 2.75) is 5.75 Å². The van der Waals surface area contributed by atoms with Gasteiger partial charge in [-0.05, 0) is 35.9 Å². The Labute approximate surface area is 142 Å². The van der Waals surface area contributed by atoms with Crippen LogP contribution in [0.3, 0.4) is 0 Å². The number of nitrogens with one attached hydrogen (secondary N) is 1. The van der Waals surface area contributed by atoms with Gasteiger partial charge in [-0.1, -0.05) is 30.3 Å². The van der Waals surface area contributed by atoms with E-state index >= 15 is 0 Å². The summed E-state index contributed by atoms with van der Waals surface area (Å²) in [5, 5.41) is 6.90. The van der Waals surface area contributed by atoms with Gasteiger partial charge in [0.25, 0.3) is 0 Å². The Bertz CT molecular complexity index is 815. The van der Waals surface area contributed by atoms with Gasteiger partial charge in [-0.15, -0.1) is 0 Å². The van der Waals surface area contributed by atoms with Crippen LogP contribution in [-0.2, 0) is 21.3 Å². The molecule has 0 radical (unpaired) electrons. The van der Waals surface area contributed by atoms with Crippen LogP contribution < -0.4 is 5.32 Å². The molecule has 0 fully saturated rings. The highest BCUT2D eigenvalue weighted by atomic mass is 32.2. The van der Waals surface area contributed by atoms with Crippen molar-refractivity contribution in [3.8, 4) is 5.69 Å². The van der Waals surface area contributed by atoms with E-state index in [1.165, 1.54) is 0 Å². The third kappa shape index (κ3) is 4.39. The molecule has 6 heteroatoms. The maximum Gasteiger partial charge on any atom is 0.237 e. The van der Waals surface area contributed by atoms with Crippen LogP contribution in [0.25, 0.3) is 5.69 Å². The fourth-order valence-electron chi connectivity index (χ4n) is 2.27. The number of nitrogens with zero attached hydrogens (tertiary/aromatic N) is 2. The number of amides is 1. The van der Waals surface area contributed by atoms with Crippen molar-refractivity contribution < 1.29 is 9.00 Å². The fraction of sp³-hybridized carbons (Fsp3) is 0.111. The molecule has 0 bridgehead atoms. The Kier molecular flexibility index (Phi) is 5.18. The van der Waals surface area contributed by atoms with Crippen LogP contribution in [0.15, 0.2) is 73.1 Å². The largest absolute Gasteiger partial charge is 0.325 e. The molecular formula is C18H17N3O2S. The van der Waals surface area contributed by atoms with Crippen molar-refractivity contribution in [3.63, 3.8) is 0 Å². The number of anilines is 1. The molecule has 1 unspecified atom stereocenters. The third-order valence-corrected chi connectivity index (χ3v) is 4.62. The summed E-state index contributed by atoms with van der Waals surface area (Å²) in [6.45, 7) is 0. The minimum Gasteiger partial charge on any atom is -0.325 e. The monoisotopic (exact) mass is 339 g/mol. The van der Waals surface area contributed by atoms with E-state index < -0.39 is 10.8 Å². The maximum absolute atomic E-state index is 12.2. The third-order valence-electron chi connectivity index (χ3n) is 3.38. The van der Waals surface area contributed by atoms with Crippen LogP contribution in [0.2, 0.25) is 0 Å². The number of rotatable bonds is 6. The predicted molar refractivity (Wildman–Crippen MR) is 95.3 cm³/mol. The quantitative estimate of drug-likeness (QED) is 0.751. The Hall–Kier alpha value is -2.73. The lowest BCUT2D eigenvalue weighted by molar-refractivity contribution is -0.113. The second-order valence-electron chi connectivity index (χ2n) is 5.26. The highest BCUT2D eigenvalue weighted by Gasteiger charge is 2.09. The minimum absolute atomic E-state index is 0.0181. The van der Waals surface area contributed by atoms with Crippen LogP contribution in [0.5, 0.6) is 0 Å². The van der Waals surface area contributed by atoms with E-state index in [4.69, 9.17) is 0 Å². The van der Waals surface area contributed by atoms with Crippen LogP contribution in [-0.4, -0.2) is 25.6 Å². The van der Waals surface area contributed by atoms with E-state index in [1.807, 2.05) is 54.7 Å². The number of hydrogen-bond donors (Lipinski definition) is 1. The number of aromatic nitrogens is 2. The van der Waals surface area contributed by atoms with Crippen LogP contribution in [0.1, 0.15) is 5.56 Å². The molecule has 24 heavy (non-hydrogen) atoms. The average molecular weight is 339 g/mol. The molecule has 0 aliphatic carbocycles. The molecule has 122 valence electrons. The second kappa shape index (κ2) is 7.70. The molecule has 1 aromatic heterocycles. The molecular weight excluding hydrogens is 322 g/mol. The normalized spacial score (nSPS) is 11.8. The lowest BCUT2D eigenvalue weighted by atomic mass is 10.2. The first-order chi connectivity index (χ1) is 11.7. The van der Waals surface area contributed by atoms with E-state index in [1.54, 1.807) is 23.0 Å². The van der Waals surface area contributed by atoms with Gasteiger partial charge in [0.2, 0.25) is 5.91 Å². The van der Waals surface area contributed by atoms with Gasteiger partial charge in [-0.2, -0.15) is 5.10 Å². The van der Waals surface area contributed by atoms with Gasteiger partial charge in [-0.3, -0.25) is 9.00 Å². The SMILES string of the molecule is O=C(CS(=O)Cc1ccc(-n2cccn2)cc1)Nc1ccccc1. The van der Waals surface area contributed by atoms with Gasteiger partial charge >= 0.3 is 0 Å². The summed E-state index contributed by atoms with van der Waals surface area (Å²) in [6, 6.07) is 18.7. The first-order valence-corrected chi connectivity index (χ1v) is 8.98. The molecule has 5 nitrogen and oxygen atoms in total. The lowest BCUT2D eigenvalue weighted by Crippen LogP contribution is -2.20. The zero-order valence-electron chi connectivity index (χ0n) is 13.0. The summed E-state index contributed by atoms with van der Waals surface area (Å²) in [5.41, 5.74) is 2.58. The number of hydrogen-bond acceptors (Lipinski definition) is 3. The van der Waals surface area contributed by atoms with Gasteiger partial charge in [0.05, 0.1) is 5.69 Å². The fourth-order valence-corrected chi connectivity index (χ4v) is 3.30. The van der Waals surface area contributed by atoms with E-state index in [2.05, 4.69) is 10.4 Å². The number of para-hydroxylation sites is 1. The molecule has 1 heterocycles. The highest BCUT2D eigenvalue weighted by Crippen LogP contribution is 2.11. The summed E-state index contributed by atoms with van der Waals surface area (Å²) >= 11 is 0. The Morgan fingerprint density at radius 2 is 1.79 bits per heavy atom. The van der Waals surface area contributed by atoms with Crippen molar-refractivity contribution in [2.24, 2.45) is 0 Å². The molecule has 0 aliphatic heterocycles. The minimum atomic E-state index is -1.25. The van der Waals surface area contributed by atoms with Crippen LogP contribution in [0.4, 0.5) is 5.69 Å². The Morgan fingerprint density at radius 1 is 1.04 bits per heavy atom. The summed E-state index contributed by atoms with van der Waals surface area (Å²) in [4.78, 5) is 11.9. The van der Waals surface area contributed by atoms with Gasteiger partial charge in [-0.25, -0.2) is 4.68 Å². The van der Waals surface area contributed by atoms with Crippen LogP contribution >= 0.6 is 0 Å². The Balaban J connectivity index is 1.54. The van der Waals surface area contributed by atoms with Crippen molar-refractivity contribution in [1.29, 1.82) is 0 Å². The van der Waals surface area contributed by atoms with E-state index in [0.717, 1.165) is 11.3 Å². The standard InChI is InChI=1S/C18H17N3O2S/c22-18(20-16-5-2-1-3-6-16)14-24(23)13-15-7-9-17(10-8-15)21-12-4-11-19-21/h1-12H,13-14H2,(H,20,22). The van der Waals surface area contributed by atoms with Crippen molar-refractivity contribution in [1.82, 2.24) is 9.78 Å².